The van der Waals surface area contributed by atoms with Gasteiger partial charge in [-0.2, -0.15) is 0 Å². The van der Waals surface area contributed by atoms with E-state index in [1.165, 1.54) is 16.7 Å². The summed E-state index contributed by atoms with van der Waals surface area (Å²) in [5, 5.41) is 0. The Kier molecular flexibility index (Phi) is 5.78. The van der Waals surface area contributed by atoms with Crippen LogP contribution in [0, 0.1) is 6.92 Å². The molecule has 1 atom stereocenters. The van der Waals surface area contributed by atoms with Crippen LogP contribution in [-0.2, 0) is 11.2 Å². The molecule has 0 spiro atoms. The number of aryl methyl sites for hydroxylation is 2. The van der Waals surface area contributed by atoms with Gasteiger partial charge in [0.2, 0.25) is 0 Å². The van der Waals surface area contributed by atoms with Gasteiger partial charge in [-0.05, 0) is 36.5 Å². The van der Waals surface area contributed by atoms with Crippen molar-refractivity contribution in [2.75, 3.05) is 13.2 Å². The molecular weight excluding hydrogens is 246 g/mol. The Morgan fingerprint density at radius 2 is 1.70 bits per heavy atom. The Morgan fingerprint density at radius 3 is 2.40 bits per heavy atom. The Balaban J connectivity index is 1.81. The zero-order chi connectivity index (χ0) is 14.2. The minimum atomic E-state index is 0.00646. The van der Waals surface area contributed by atoms with E-state index in [4.69, 9.17) is 10.5 Å². The highest BCUT2D eigenvalue weighted by Crippen LogP contribution is 2.20. The summed E-state index contributed by atoms with van der Waals surface area (Å²) in [5.74, 6) is 0. The lowest BCUT2D eigenvalue weighted by molar-refractivity contribution is 0.0567. The predicted octanol–water partition coefficient (Wildman–Crippen LogP) is 3.64. The van der Waals surface area contributed by atoms with Crippen molar-refractivity contribution in [2.24, 2.45) is 5.73 Å². The summed E-state index contributed by atoms with van der Waals surface area (Å²) in [5.41, 5.74) is 9.64. The molecule has 0 aromatic heterocycles. The summed E-state index contributed by atoms with van der Waals surface area (Å²) in [4.78, 5) is 0. The molecule has 0 radical (unpaired) electrons. The Bertz CT molecular complexity index is 510. The standard InChI is InChI=1S/C18H23NO/c1-15-8-5-6-12-17(15)18(14-19)20-13-7-11-16-9-3-2-4-10-16/h2-6,8-10,12,18H,7,11,13-14,19H2,1H3. The summed E-state index contributed by atoms with van der Waals surface area (Å²) in [6.07, 6.45) is 2.07. The first kappa shape index (κ1) is 14.8. The van der Waals surface area contributed by atoms with E-state index in [1.54, 1.807) is 0 Å². The fourth-order valence-corrected chi connectivity index (χ4v) is 2.38. The fourth-order valence-electron chi connectivity index (χ4n) is 2.38. The summed E-state index contributed by atoms with van der Waals surface area (Å²) >= 11 is 0. The van der Waals surface area contributed by atoms with E-state index in [0.29, 0.717) is 6.54 Å². The van der Waals surface area contributed by atoms with Crippen molar-refractivity contribution in [2.45, 2.75) is 25.9 Å². The third kappa shape index (κ3) is 4.19. The molecule has 20 heavy (non-hydrogen) atoms. The first-order valence-electron chi connectivity index (χ1n) is 7.22. The SMILES string of the molecule is Cc1ccccc1C(CN)OCCCc1ccccc1. The second kappa shape index (κ2) is 7.83. The van der Waals surface area contributed by atoms with Gasteiger partial charge in [-0.1, -0.05) is 54.6 Å². The van der Waals surface area contributed by atoms with E-state index >= 15 is 0 Å². The van der Waals surface area contributed by atoms with E-state index in [-0.39, 0.29) is 6.10 Å². The van der Waals surface area contributed by atoms with E-state index < -0.39 is 0 Å². The molecule has 0 heterocycles. The van der Waals surface area contributed by atoms with Crippen molar-refractivity contribution in [3.05, 3.63) is 71.3 Å². The largest absolute Gasteiger partial charge is 0.372 e. The van der Waals surface area contributed by atoms with Crippen molar-refractivity contribution < 1.29 is 4.74 Å². The molecule has 0 saturated heterocycles. The molecule has 0 aliphatic carbocycles. The topological polar surface area (TPSA) is 35.2 Å². The van der Waals surface area contributed by atoms with Crippen LogP contribution in [0.2, 0.25) is 0 Å². The average Bonchev–Trinajstić information content (AvgIpc) is 2.50. The summed E-state index contributed by atoms with van der Waals surface area (Å²) < 4.78 is 5.95. The summed E-state index contributed by atoms with van der Waals surface area (Å²) in [6, 6.07) is 18.8. The maximum Gasteiger partial charge on any atom is 0.0949 e. The van der Waals surface area contributed by atoms with Crippen LogP contribution in [0.4, 0.5) is 0 Å². The first-order chi connectivity index (χ1) is 9.81. The molecule has 2 N–H and O–H groups in total. The molecule has 106 valence electrons. The maximum atomic E-state index is 5.95. The highest BCUT2D eigenvalue weighted by Gasteiger charge is 2.11. The molecule has 0 saturated carbocycles. The minimum absolute atomic E-state index is 0.00646. The molecule has 0 aliphatic rings. The summed E-state index contributed by atoms with van der Waals surface area (Å²) in [7, 11) is 0. The lowest BCUT2D eigenvalue weighted by atomic mass is 10.0. The normalized spacial score (nSPS) is 12.3. The smallest absolute Gasteiger partial charge is 0.0949 e. The number of hydrogen-bond acceptors (Lipinski definition) is 2. The quantitative estimate of drug-likeness (QED) is 0.779. The van der Waals surface area contributed by atoms with Gasteiger partial charge in [-0.15, -0.1) is 0 Å². The van der Waals surface area contributed by atoms with Gasteiger partial charge in [-0.25, -0.2) is 0 Å². The van der Waals surface area contributed by atoms with Gasteiger partial charge in [0.1, 0.15) is 0 Å². The van der Waals surface area contributed by atoms with Gasteiger partial charge in [0.05, 0.1) is 6.10 Å². The third-order valence-electron chi connectivity index (χ3n) is 3.52. The third-order valence-corrected chi connectivity index (χ3v) is 3.52. The Hall–Kier alpha value is -1.64. The first-order valence-corrected chi connectivity index (χ1v) is 7.22. The van der Waals surface area contributed by atoms with E-state index in [9.17, 15) is 0 Å². The molecule has 0 aliphatic heterocycles. The predicted molar refractivity (Wildman–Crippen MR) is 83.7 cm³/mol. The lowest BCUT2D eigenvalue weighted by Crippen LogP contribution is -2.17. The van der Waals surface area contributed by atoms with Crippen LogP contribution in [0.15, 0.2) is 54.6 Å². The van der Waals surface area contributed by atoms with Crippen molar-refractivity contribution in [3.8, 4) is 0 Å². The molecule has 2 rings (SSSR count). The van der Waals surface area contributed by atoms with Gasteiger partial charge < -0.3 is 10.5 Å². The monoisotopic (exact) mass is 269 g/mol. The minimum Gasteiger partial charge on any atom is -0.372 e. The molecular formula is C18H23NO. The second-order valence-electron chi connectivity index (χ2n) is 5.04. The zero-order valence-electron chi connectivity index (χ0n) is 12.1. The van der Waals surface area contributed by atoms with E-state index in [0.717, 1.165) is 19.4 Å². The highest BCUT2D eigenvalue weighted by atomic mass is 16.5. The average molecular weight is 269 g/mol. The lowest BCUT2D eigenvalue weighted by Gasteiger charge is -2.18. The molecule has 2 aromatic rings. The molecule has 2 aromatic carbocycles. The van der Waals surface area contributed by atoms with Gasteiger partial charge in [-0.3, -0.25) is 0 Å². The van der Waals surface area contributed by atoms with Crippen LogP contribution < -0.4 is 5.73 Å². The van der Waals surface area contributed by atoms with Crippen molar-refractivity contribution in [1.29, 1.82) is 0 Å². The van der Waals surface area contributed by atoms with Crippen LogP contribution in [-0.4, -0.2) is 13.2 Å². The van der Waals surface area contributed by atoms with Crippen molar-refractivity contribution >= 4 is 0 Å². The Labute approximate surface area is 121 Å². The van der Waals surface area contributed by atoms with Gasteiger partial charge in [0.25, 0.3) is 0 Å². The Morgan fingerprint density at radius 1 is 1.00 bits per heavy atom. The number of ether oxygens (including phenoxy) is 1. The molecule has 2 heteroatoms. The molecule has 0 fully saturated rings. The second-order valence-corrected chi connectivity index (χ2v) is 5.04. The van der Waals surface area contributed by atoms with Gasteiger partial charge >= 0.3 is 0 Å². The molecule has 1 unspecified atom stereocenters. The van der Waals surface area contributed by atoms with Crippen molar-refractivity contribution in [3.63, 3.8) is 0 Å². The van der Waals surface area contributed by atoms with E-state index in [2.05, 4.69) is 43.3 Å². The number of nitrogens with two attached hydrogens (primary N) is 1. The van der Waals surface area contributed by atoms with Crippen LogP contribution in [0.25, 0.3) is 0 Å². The van der Waals surface area contributed by atoms with Crippen LogP contribution >= 0.6 is 0 Å². The fraction of sp³-hybridized carbons (Fsp3) is 0.333. The number of rotatable bonds is 7. The van der Waals surface area contributed by atoms with Crippen LogP contribution in [0.5, 0.6) is 0 Å². The molecule has 0 amide bonds. The maximum absolute atomic E-state index is 5.95. The number of benzene rings is 2. The highest BCUT2D eigenvalue weighted by molar-refractivity contribution is 5.28. The van der Waals surface area contributed by atoms with E-state index in [1.807, 2.05) is 18.2 Å². The zero-order valence-corrected chi connectivity index (χ0v) is 12.1. The van der Waals surface area contributed by atoms with Crippen LogP contribution in [0.1, 0.15) is 29.2 Å². The van der Waals surface area contributed by atoms with Crippen molar-refractivity contribution in [1.82, 2.24) is 0 Å². The van der Waals surface area contributed by atoms with Gasteiger partial charge in [0, 0.05) is 13.2 Å². The summed E-state index contributed by atoms with van der Waals surface area (Å²) in [6.45, 7) is 3.37. The van der Waals surface area contributed by atoms with Gasteiger partial charge in [0.15, 0.2) is 0 Å². The molecule has 0 bridgehead atoms. The van der Waals surface area contributed by atoms with Crippen LogP contribution in [0.3, 0.4) is 0 Å². The molecule has 2 nitrogen and oxygen atoms in total. The number of hydrogen-bond donors (Lipinski definition) is 1.